The van der Waals surface area contributed by atoms with Gasteiger partial charge in [-0.2, -0.15) is 0 Å². The molecule has 1 unspecified atom stereocenters. The van der Waals surface area contributed by atoms with Gasteiger partial charge in [-0.15, -0.1) is 0 Å². The van der Waals surface area contributed by atoms with Gasteiger partial charge in [-0.25, -0.2) is 13.2 Å². The van der Waals surface area contributed by atoms with Gasteiger partial charge in [0.2, 0.25) is 11.8 Å². The van der Waals surface area contributed by atoms with E-state index in [0.29, 0.717) is 48.9 Å². The third kappa shape index (κ3) is 7.33. The monoisotopic (exact) mass is 703 g/mol. The van der Waals surface area contributed by atoms with E-state index in [0.717, 1.165) is 25.5 Å². The molecule has 4 N–H and O–H groups in total. The molecule has 266 valence electrons. The third-order valence-corrected chi connectivity index (χ3v) is 9.74. The Morgan fingerprint density at radius 3 is 2.25 bits per heavy atom. The van der Waals surface area contributed by atoms with Gasteiger partial charge in [-0.3, -0.25) is 24.3 Å². The lowest BCUT2D eigenvalue weighted by Crippen LogP contribution is -2.35. The number of hydrogen-bond donors (Lipinski definition) is 3. The van der Waals surface area contributed by atoms with Gasteiger partial charge in [0.1, 0.15) is 23.1 Å². The van der Waals surface area contributed by atoms with Crippen molar-refractivity contribution in [2.75, 3.05) is 43.4 Å². The van der Waals surface area contributed by atoms with Crippen LogP contribution in [0, 0.1) is 28.3 Å². The number of amides is 2. The van der Waals surface area contributed by atoms with Crippen LogP contribution in [0.3, 0.4) is 0 Å². The predicted molar refractivity (Wildman–Crippen MR) is 181 cm³/mol. The molecule has 1 saturated heterocycles. The molecule has 3 fully saturated rings. The number of ether oxygens (including phenoxy) is 3. The number of hydrogen-bond acceptors (Lipinski definition) is 9. The van der Waals surface area contributed by atoms with Crippen LogP contribution in [0.15, 0.2) is 66.9 Å². The van der Waals surface area contributed by atoms with E-state index in [4.69, 9.17) is 19.9 Å². The van der Waals surface area contributed by atoms with Gasteiger partial charge in [0.25, 0.3) is 0 Å². The average molecular weight is 704 g/mol. The molecule has 51 heavy (non-hydrogen) atoms. The first-order chi connectivity index (χ1) is 24.6. The lowest BCUT2D eigenvalue weighted by molar-refractivity contribution is -0.149. The Balaban J connectivity index is 0.943. The van der Waals surface area contributed by atoms with E-state index in [9.17, 15) is 18.8 Å². The van der Waals surface area contributed by atoms with E-state index >= 15 is 8.78 Å². The van der Waals surface area contributed by atoms with Gasteiger partial charge < -0.3 is 30.6 Å². The van der Waals surface area contributed by atoms with Crippen LogP contribution in [0.1, 0.15) is 32.1 Å². The maximum atomic E-state index is 15.2. The first-order valence-electron chi connectivity index (χ1n) is 16.8. The Kier molecular flexibility index (Phi) is 9.29. The van der Waals surface area contributed by atoms with Gasteiger partial charge in [0, 0.05) is 60.1 Å². The molecule has 2 amide bonds. The van der Waals surface area contributed by atoms with E-state index in [1.165, 1.54) is 60.8 Å². The van der Waals surface area contributed by atoms with Gasteiger partial charge in [0.15, 0.2) is 23.1 Å². The zero-order valence-electron chi connectivity index (χ0n) is 27.6. The fourth-order valence-corrected chi connectivity index (χ4v) is 6.51. The van der Waals surface area contributed by atoms with Crippen LogP contribution in [-0.4, -0.2) is 66.6 Å². The van der Waals surface area contributed by atoms with Gasteiger partial charge in [-0.05, 0) is 80.6 Å². The van der Waals surface area contributed by atoms with Gasteiger partial charge in [-0.1, -0.05) is 0 Å². The minimum atomic E-state index is -1.32. The lowest BCUT2D eigenvalue weighted by atomic mass is 10.0. The van der Waals surface area contributed by atoms with E-state index in [2.05, 4.69) is 20.5 Å². The fraction of sp³-hybridized carbons (Fsp3) is 0.351. The standard InChI is InChI=1S/C37H36F3N5O6/c38-22-2-4-23(5-3-22)43-34(47)37(11-12-37)35(48)44-24-6-7-30(26(39)16-24)50-29-8-13-42-28-18-31(27(40)17-25(28)29)49-15-1-14-45-20-32(51-33(46)19-41)36(21-45)9-10-36/h2-8,13,16-18,32H,1,9-12,14-15,19-21,41H2,(H,43,47)(H,44,48). The minimum absolute atomic E-state index is 0.0213. The van der Waals surface area contributed by atoms with Crippen molar-refractivity contribution in [3.8, 4) is 17.2 Å². The number of nitrogens with two attached hydrogens (primary N) is 1. The summed E-state index contributed by atoms with van der Waals surface area (Å²) in [6, 6.07) is 13.2. The number of likely N-dealkylation sites (tertiary alicyclic amines) is 1. The number of nitrogens with zero attached hydrogens (tertiary/aromatic N) is 2. The molecular weight excluding hydrogens is 667 g/mol. The van der Waals surface area contributed by atoms with Crippen molar-refractivity contribution in [1.82, 2.24) is 9.88 Å². The number of rotatable bonds is 13. The van der Waals surface area contributed by atoms with E-state index in [1.807, 2.05) is 0 Å². The molecule has 1 atom stereocenters. The molecule has 4 aromatic rings. The van der Waals surface area contributed by atoms with E-state index < -0.39 is 40.7 Å². The molecule has 1 spiro atoms. The lowest BCUT2D eigenvalue weighted by Gasteiger charge is -2.17. The molecule has 2 heterocycles. The number of anilines is 2. The van der Waals surface area contributed by atoms with Crippen LogP contribution in [0.2, 0.25) is 0 Å². The first-order valence-corrected chi connectivity index (χ1v) is 16.8. The van der Waals surface area contributed by atoms with Crippen molar-refractivity contribution in [1.29, 1.82) is 0 Å². The molecule has 0 bridgehead atoms. The average Bonchev–Trinajstić information content (AvgIpc) is 4.04. The number of carbonyl (C=O) groups is 3. The Morgan fingerprint density at radius 2 is 1.57 bits per heavy atom. The predicted octanol–water partition coefficient (Wildman–Crippen LogP) is 5.54. The summed E-state index contributed by atoms with van der Waals surface area (Å²) in [5.74, 6) is -3.41. The maximum Gasteiger partial charge on any atom is 0.320 e. The summed E-state index contributed by atoms with van der Waals surface area (Å²) in [4.78, 5) is 44.1. The molecule has 11 nitrogen and oxygen atoms in total. The topological polar surface area (TPSA) is 145 Å². The first kappa shape index (κ1) is 34.2. The number of nitrogens with one attached hydrogen (secondary N) is 2. The summed E-state index contributed by atoms with van der Waals surface area (Å²) in [5.41, 5.74) is 4.96. The van der Waals surface area contributed by atoms with Crippen LogP contribution < -0.4 is 25.8 Å². The van der Waals surface area contributed by atoms with Crippen molar-refractivity contribution in [2.45, 2.75) is 38.2 Å². The summed E-state index contributed by atoms with van der Waals surface area (Å²) < 4.78 is 60.8. The number of halogens is 3. The van der Waals surface area contributed by atoms with E-state index in [1.54, 1.807) is 0 Å². The molecule has 1 aliphatic heterocycles. The summed E-state index contributed by atoms with van der Waals surface area (Å²) in [6.07, 6.45) is 4.58. The highest BCUT2D eigenvalue weighted by molar-refractivity contribution is 6.16. The van der Waals surface area contributed by atoms with Crippen molar-refractivity contribution in [3.63, 3.8) is 0 Å². The summed E-state index contributed by atoms with van der Waals surface area (Å²) in [5, 5.41) is 5.52. The van der Waals surface area contributed by atoms with Crippen molar-refractivity contribution < 1.29 is 41.8 Å². The zero-order chi connectivity index (χ0) is 35.8. The Labute approximate surface area is 291 Å². The highest BCUT2D eigenvalue weighted by Crippen LogP contribution is 2.54. The SMILES string of the molecule is NCC(=O)OC1CN(CCCOc2cc3nccc(Oc4ccc(NC(=O)C5(C(=O)Nc6ccc(F)cc6)CC5)cc4F)c3cc2F)CC12CC2. The van der Waals surface area contributed by atoms with Crippen molar-refractivity contribution in [3.05, 3.63) is 84.3 Å². The number of fused-ring (bicyclic) bond motifs is 1. The number of pyridine rings is 1. The highest BCUT2D eigenvalue weighted by Gasteiger charge is 2.57. The second kappa shape index (κ2) is 13.8. The second-order valence-corrected chi connectivity index (χ2v) is 13.3. The molecule has 2 saturated carbocycles. The molecule has 7 rings (SSSR count). The van der Waals surface area contributed by atoms with Crippen LogP contribution in [-0.2, 0) is 19.1 Å². The molecule has 0 radical (unpaired) electrons. The van der Waals surface area contributed by atoms with Crippen LogP contribution in [0.5, 0.6) is 17.2 Å². The Hall–Kier alpha value is -5.21. The van der Waals surface area contributed by atoms with E-state index in [-0.39, 0.29) is 47.6 Å². The fourth-order valence-electron chi connectivity index (χ4n) is 6.51. The number of aromatic nitrogens is 1. The van der Waals surface area contributed by atoms with Crippen LogP contribution in [0.4, 0.5) is 24.5 Å². The minimum Gasteiger partial charge on any atom is -0.490 e. The third-order valence-electron chi connectivity index (χ3n) is 9.74. The van der Waals surface area contributed by atoms with Crippen LogP contribution in [0.25, 0.3) is 10.9 Å². The molecule has 3 aromatic carbocycles. The molecule has 14 heteroatoms. The van der Waals surface area contributed by atoms with Crippen molar-refractivity contribution in [2.24, 2.45) is 16.6 Å². The largest absolute Gasteiger partial charge is 0.490 e. The summed E-state index contributed by atoms with van der Waals surface area (Å²) in [7, 11) is 0. The quantitative estimate of drug-likeness (QED) is 0.0929. The molecule has 3 aliphatic rings. The molecule has 2 aliphatic carbocycles. The Morgan fingerprint density at radius 1 is 0.863 bits per heavy atom. The zero-order valence-corrected chi connectivity index (χ0v) is 27.6. The highest BCUT2D eigenvalue weighted by atomic mass is 19.1. The normalized spacial score (nSPS) is 18.3. The summed E-state index contributed by atoms with van der Waals surface area (Å²) >= 11 is 0. The van der Waals surface area contributed by atoms with Gasteiger partial charge >= 0.3 is 5.97 Å². The summed E-state index contributed by atoms with van der Waals surface area (Å²) in [6.45, 7) is 2.29. The molecular formula is C37H36F3N5O6. The molecule has 1 aromatic heterocycles. The number of benzene rings is 3. The number of esters is 1. The van der Waals surface area contributed by atoms with Crippen LogP contribution >= 0.6 is 0 Å². The number of carbonyl (C=O) groups excluding carboxylic acids is 3. The second-order valence-electron chi connectivity index (χ2n) is 13.3. The van der Waals surface area contributed by atoms with Gasteiger partial charge in [0.05, 0.1) is 18.7 Å². The maximum absolute atomic E-state index is 15.2. The smallest absolute Gasteiger partial charge is 0.320 e. The van der Waals surface area contributed by atoms with Crippen molar-refractivity contribution >= 4 is 40.1 Å². The Bertz CT molecular complexity index is 1990.